The highest BCUT2D eigenvalue weighted by Gasteiger charge is 2.27. The van der Waals surface area contributed by atoms with Crippen molar-refractivity contribution in [2.75, 3.05) is 12.3 Å². The van der Waals surface area contributed by atoms with Crippen molar-refractivity contribution in [3.05, 3.63) is 18.1 Å². The zero-order valence-corrected chi connectivity index (χ0v) is 16.4. The number of ether oxygens (including phenoxy) is 1. The van der Waals surface area contributed by atoms with Crippen molar-refractivity contribution >= 4 is 16.9 Å². The first-order valence-electron chi connectivity index (χ1n) is 9.67. The second kappa shape index (κ2) is 6.92. The molecule has 0 saturated carbocycles. The number of nitrogen functional groups attached to an aromatic ring is 1. The average Bonchev–Trinajstić information content (AvgIpc) is 3.25. The molecule has 144 valence electrons. The summed E-state index contributed by atoms with van der Waals surface area (Å²) in [5.41, 5.74) is 9.68. The van der Waals surface area contributed by atoms with E-state index in [4.69, 9.17) is 20.7 Å². The van der Waals surface area contributed by atoms with Crippen LogP contribution in [0.4, 0.5) is 5.82 Å². The van der Waals surface area contributed by atoms with Gasteiger partial charge in [-0.2, -0.15) is 10.2 Å². The summed E-state index contributed by atoms with van der Waals surface area (Å²) in [6.07, 6.45) is 4.58. The number of hydrogen-bond acceptors (Lipinski definition) is 6. The van der Waals surface area contributed by atoms with Gasteiger partial charge in [0.1, 0.15) is 17.8 Å². The molecule has 3 aromatic heterocycles. The van der Waals surface area contributed by atoms with E-state index in [0.717, 1.165) is 54.0 Å². The van der Waals surface area contributed by atoms with E-state index in [1.54, 1.807) is 0 Å². The van der Waals surface area contributed by atoms with Gasteiger partial charge in [-0.1, -0.05) is 13.8 Å². The molecule has 0 radical (unpaired) electrons. The molecule has 4 rings (SSSR count). The van der Waals surface area contributed by atoms with Gasteiger partial charge >= 0.3 is 0 Å². The Kier molecular flexibility index (Phi) is 4.59. The summed E-state index contributed by atoms with van der Waals surface area (Å²) >= 11 is 0. The van der Waals surface area contributed by atoms with E-state index < -0.39 is 0 Å². The van der Waals surface area contributed by atoms with Crippen LogP contribution in [0.5, 0.6) is 0 Å². The minimum Gasteiger partial charge on any atom is -0.383 e. The number of aromatic nitrogens is 6. The van der Waals surface area contributed by atoms with Gasteiger partial charge in [0.25, 0.3) is 0 Å². The standard InChI is InChI=1S/C19H27N7O/c1-11(2)13-9-14(26(23-13)15-7-5-6-8-27-15)17-16-18(20)21-10-22-19(16)25(24-17)12(3)4/h9-12,15H,5-8H2,1-4H3,(H2,20,21,22). The van der Waals surface area contributed by atoms with Gasteiger partial charge in [-0.25, -0.2) is 19.3 Å². The fourth-order valence-corrected chi connectivity index (χ4v) is 3.54. The van der Waals surface area contributed by atoms with Crippen molar-refractivity contribution in [2.24, 2.45) is 0 Å². The van der Waals surface area contributed by atoms with Crippen LogP contribution in [0, 0.1) is 0 Å². The van der Waals surface area contributed by atoms with Crippen molar-refractivity contribution in [1.82, 2.24) is 29.5 Å². The van der Waals surface area contributed by atoms with Crippen molar-refractivity contribution < 1.29 is 4.74 Å². The van der Waals surface area contributed by atoms with Crippen LogP contribution in [0.1, 0.15) is 70.8 Å². The van der Waals surface area contributed by atoms with Crippen LogP contribution in [0.3, 0.4) is 0 Å². The zero-order valence-electron chi connectivity index (χ0n) is 16.4. The highest BCUT2D eigenvalue weighted by Crippen LogP contribution is 2.36. The Hall–Kier alpha value is -2.48. The summed E-state index contributed by atoms with van der Waals surface area (Å²) in [6, 6.07) is 2.25. The molecule has 3 aromatic rings. The molecule has 8 heteroatoms. The van der Waals surface area contributed by atoms with Gasteiger partial charge in [-0.3, -0.25) is 0 Å². The number of hydrogen-bond donors (Lipinski definition) is 1. The highest BCUT2D eigenvalue weighted by molar-refractivity contribution is 5.97. The van der Waals surface area contributed by atoms with Gasteiger partial charge in [0, 0.05) is 12.6 Å². The Morgan fingerprint density at radius 2 is 1.96 bits per heavy atom. The Bertz CT molecular complexity index is 951. The SMILES string of the molecule is CC(C)c1cc(-c2nn(C(C)C)c3ncnc(N)c23)n(C2CCCCO2)n1. The van der Waals surface area contributed by atoms with E-state index in [0.29, 0.717) is 11.7 Å². The summed E-state index contributed by atoms with van der Waals surface area (Å²) in [5.74, 6) is 0.742. The normalized spacial score (nSPS) is 18.1. The molecule has 1 fully saturated rings. The molecule has 0 amide bonds. The number of rotatable bonds is 4. The average molecular weight is 369 g/mol. The first-order valence-corrected chi connectivity index (χ1v) is 9.67. The summed E-state index contributed by atoms with van der Waals surface area (Å²) in [6.45, 7) is 9.19. The maximum absolute atomic E-state index is 6.24. The molecule has 4 heterocycles. The third kappa shape index (κ3) is 3.07. The van der Waals surface area contributed by atoms with E-state index >= 15 is 0 Å². The van der Waals surface area contributed by atoms with Crippen LogP contribution in [0.2, 0.25) is 0 Å². The molecular formula is C19H27N7O. The lowest BCUT2D eigenvalue weighted by Gasteiger charge is -2.24. The molecule has 0 aromatic carbocycles. The number of nitrogens with zero attached hydrogens (tertiary/aromatic N) is 6. The molecule has 1 atom stereocenters. The lowest BCUT2D eigenvalue weighted by atomic mass is 10.1. The third-order valence-corrected chi connectivity index (χ3v) is 5.02. The van der Waals surface area contributed by atoms with Crippen molar-refractivity contribution in [2.45, 2.75) is 65.1 Å². The quantitative estimate of drug-likeness (QED) is 0.753. The van der Waals surface area contributed by atoms with Crippen LogP contribution in [0.25, 0.3) is 22.4 Å². The maximum Gasteiger partial charge on any atom is 0.164 e. The third-order valence-electron chi connectivity index (χ3n) is 5.02. The topological polar surface area (TPSA) is 96.7 Å². The Morgan fingerprint density at radius 1 is 1.15 bits per heavy atom. The van der Waals surface area contributed by atoms with Gasteiger partial charge in [0.05, 0.1) is 16.8 Å². The van der Waals surface area contributed by atoms with Crippen LogP contribution in [-0.4, -0.2) is 36.1 Å². The monoisotopic (exact) mass is 369 g/mol. The summed E-state index contributed by atoms with van der Waals surface area (Å²) in [7, 11) is 0. The van der Waals surface area contributed by atoms with E-state index in [-0.39, 0.29) is 12.3 Å². The molecule has 1 unspecified atom stereocenters. The Labute approximate surface area is 158 Å². The zero-order chi connectivity index (χ0) is 19.1. The summed E-state index contributed by atoms with van der Waals surface area (Å²) < 4.78 is 9.90. The van der Waals surface area contributed by atoms with Crippen molar-refractivity contribution in [3.8, 4) is 11.4 Å². The van der Waals surface area contributed by atoms with Crippen LogP contribution >= 0.6 is 0 Å². The smallest absolute Gasteiger partial charge is 0.164 e. The van der Waals surface area contributed by atoms with E-state index in [1.807, 2.05) is 9.36 Å². The van der Waals surface area contributed by atoms with E-state index in [9.17, 15) is 0 Å². The predicted molar refractivity (Wildman–Crippen MR) is 104 cm³/mol. The Morgan fingerprint density at radius 3 is 2.63 bits per heavy atom. The molecular weight excluding hydrogens is 342 g/mol. The second-order valence-electron chi connectivity index (χ2n) is 7.72. The Balaban J connectivity index is 1.95. The lowest BCUT2D eigenvalue weighted by molar-refractivity contribution is -0.0386. The largest absolute Gasteiger partial charge is 0.383 e. The van der Waals surface area contributed by atoms with Gasteiger partial charge < -0.3 is 10.5 Å². The van der Waals surface area contributed by atoms with Gasteiger partial charge in [-0.15, -0.1) is 0 Å². The van der Waals surface area contributed by atoms with Crippen molar-refractivity contribution in [1.29, 1.82) is 0 Å². The molecule has 0 spiro atoms. The van der Waals surface area contributed by atoms with Gasteiger partial charge in [-0.05, 0) is 45.1 Å². The lowest BCUT2D eigenvalue weighted by Crippen LogP contribution is -2.20. The van der Waals surface area contributed by atoms with Crippen LogP contribution in [-0.2, 0) is 4.74 Å². The van der Waals surface area contributed by atoms with E-state index in [1.165, 1.54) is 6.33 Å². The molecule has 1 aliphatic heterocycles. The summed E-state index contributed by atoms with van der Waals surface area (Å²) in [5, 5.41) is 10.5. The van der Waals surface area contributed by atoms with Crippen LogP contribution < -0.4 is 5.73 Å². The molecule has 2 N–H and O–H groups in total. The second-order valence-corrected chi connectivity index (χ2v) is 7.72. The maximum atomic E-state index is 6.24. The first kappa shape index (κ1) is 17.9. The molecule has 8 nitrogen and oxygen atoms in total. The first-order chi connectivity index (χ1) is 13.0. The van der Waals surface area contributed by atoms with Gasteiger partial charge in [0.2, 0.25) is 0 Å². The molecule has 1 saturated heterocycles. The minimum atomic E-state index is -0.0774. The van der Waals surface area contributed by atoms with Crippen molar-refractivity contribution in [3.63, 3.8) is 0 Å². The fourth-order valence-electron chi connectivity index (χ4n) is 3.54. The van der Waals surface area contributed by atoms with E-state index in [2.05, 4.69) is 43.7 Å². The molecule has 27 heavy (non-hydrogen) atoms. The molecule has 1 aliphatic rings. The number of fused-ring (bicyclic) bond motifs is 1. The fraction of sp³-hybridized carbons (Fsp3) is 0.579. The highest BCUT2D eigenvalue weighted by atomic mass is 16.5. The van der Waals surface area contributed by atoms with Gasteiger partial charge in [0.15, 0.2) is 11.9 Å². The molecule has 0 aliphatic carbocycles. The minimum absolute atomic E-state index is 0.0774. The van der Waals surface area contributed by atoms with Crippen LogP contribution in [0.15, 0.2) is 12.4 Å². The molecule has 0 bridgehead atoms. The predicted octanol–water partition coefficient (Wildman–Crippen LogP) is 3.68. The summed E-state index contributed by atoms with van der Waals surface area (Å²) in [4.78, 5) is 8.64. The number of anilines is 1. The number of nitrogens with two attached hydrogens (primary N) is 1.